The lowest BCUT2D eigenvalue weighted by Gasteiger charge is -2.06. The molecular weight excluding hydrogens is 285 g/mol. The molecule has 2 aromatic carbocycles. The van der Waals surface area contributed by atoms with Crippen molar-refractivity contribution in [1.29, 1.82) is 0 Å². The largest absolute Gasteiger partial charge is 0.326 e. The van der Waals surface area contributed by atoms with Gasteiger partial charge in [0.05, 0.1) is 0 Å². The Morgan fingerprint density at radius 3 is 2.67 bits per heavy atom. The number of rotatable bonds is 6. The van der Waals surface area contributed by atoms with E-state index in [-0.39, 0.29) is 11.7 Å². The Balaban J connectivity index is 1.68. The highest BCUT2D eigenvalue weighted by molar-refractivity contribution is 7.99. The number of aryl methyl sites for hydroxylation is 1. The average Bonchev–Trinajstić information content (AvgIpc) is 2.45. The zero-order chi connectivity index (χ0) is 15.1. The van der Waals surface area contributed by atoms with Crippen LogP contribution in [0, 0.1) is 12.7 Å². The molecule has 2 nitrogen and oxygen atoms in total. The number of carbonyl (C=O) groups excluding carboxylic acids is 1. The van der Waals surface area contributed by atoms with Crippen molar-refractivity contribution >= 4 is 23.4 Å². The molecule has 1 amide bonds. The summed E-state index contributed by atoms with van der Waals surface area (Å²) < 4.78 is 12.8. The van der Waals surface area contributed by atoms with Gasteiger partial charge < -0.3 is 5.32 Å². The number of hydrogen-bond donors (Lipinski definition) is 1. The summed E-state index contributed by atoms with van der Waals surface area (Å²) in [6.07, 6.45) is 1.28. The highest BCUT2D eigenvalue weighted by Gasteiger charge is 2.03. The monoisotopic (exact) mass is 303 g/mol. The standard InChI is InChI=1S/C17H18FNOS/c1-13-4-2-5-15(12-13)19-17(20)6-3-11-21-16-9-7-14(18)8-10-16/h2,4-5,7-10,12H,3,6,11H2,1H3,(H,19,20). The van der Waals surface area contributed by atoms with Crippen LogP contribution in [0.3, 0.4) is 0 Å². The molecule has 0 atom stereocenters. The zero-order valence-electron chi connectivity index (χ0n) is 11.9. The van der Waals surface area contributed by atoms with Crippen LogP contribution in [-0.4, -0.2) is 11.7 Å². The van der Waals surface area contributed by atoms with Crippen LogP contribution in [-0.2, 0) is 4.79 Å². The summed E-state index contributed by atoms with van der Waals surface area (Å²) in [6, 6.07) is 14.2. The molecule has 0 unspecified atom stereocenters. The number of carbonyl (C=O) groups is 1. The van der Waals surface area contributed by atoms with E-state index in [4.69, 9.17) is 0 Å². The van der Waals surface area contributed by atoms with Gasteiger partial charge in [-0.1, -0.05) is 12.1 Å². The first-order valence-corrected chi connectivity index (χ1v) is 7.87. The fraction of sp³-hybridized carbons (Fsp3) is 0.235. The summed E-state index contributed by atoms with van der Waals surface area (Å²) in [7, 11) is 0. The third-order valence-corrected chi connectivity index (χ3v) is 4.03. The number of hydrogen-bond acceptors (Lipinski definition) is 2. The summed E-state index contributed by atoms with van der Waals surface area (Å²) in [6.45, 7) is 2.00. The van der Waals surface area contributed by atoms with Crippen molar-refractivity contribution < 1.29 is 9.18 Å². The van der Waals surface area contributed by atoms with Gasteiger partial charge in [-0.15, -0.1) is 11.8 Å². The third-order valence-electron chi connectivity index (χ3n) is 2.93. The van der Waals surface area contributed by atoms with Crippen LogP contribution in [0.1, 0.15) is 18.4 Å². The SMILES string of the molecule is Cc1cccc(NC(=O)CCCSc2ccc(F)cc2)c1. The summed E-state index contributed by atoms with van der Waals surface area (Å²) in [5, 5.41) is 2.89. The van der Waals surface area contributed by atoms with Gasteiger partial charge in [0.25, 0.3) is 0 Å². The normalized spacial score (nSPS) is 10.4. The molecule has 0 saturated heterocycles. The first-order valence-electron chi connectivity index (χ1n) is 6.88. The number of halogens is 1. The maximum absolute atomic E-state index is 12.8. The van der Waals surface area contributed by atoms with Crippen molar-refractivity contribution in [2.75, 3.05) is 11.1 Å². The van der Waals surface area contributed by atoms with E-state index in [0.717, 1.165) is 28.3 Å². The zero-order valence-corrected chi connectivity index (χ0v) is 12.8. The lowest BCUT2D eigenvalue weighted by molar-refractivity contribution is -0.116. The van der Waals surface area contributed by atoms with Gasteiger partial charge in [-0.3, -0.25) is 4.79 Å². The molecule has 0 fully saturated rings. The van der Waals surface area contributed by atoms with Gasteiger partial charge in [-0.2, -0.15) is 0 Å². The van der Waals surface area contributed by atoms with E-state index >= 15 is 0 Å². The number of amides is 1. The smallest absolute Gasteiger partial charge is 0.224 e. The molecule has 0 heterocycles. The van der Waals surface area contributed by atoms with Gasteiger partial charge in [-0.25, -0.2) is 4.39 Å². The van der Waals surface area contributed by atoms with Crippen molar-refractivity contribution in [2.24, 2.45) is 0 Å². The molecule has 0 spiro atoms. The van der Waals surface area contributed by atoms with E-state index in [1.807, 2.05) is 31.2 Å². The minimum Gasteiger partial charge on any atom is -0.326 e. The van der Waals surface area contributed by atoms with Crippen LogP contribution in [0.2, 0.25) is 0 Å². The Morgan fingerprint density at radius 2 is 1.95 bits per heavy atom. The van der Waals surface area contributed by atoms with Crippen molar-refractivity contribution in [1.82, 2.24) is 0 Å². The van der Waals surface area contributed by atoms with Crippen molar-refractivity contribution in [3.05, 3.63) is 59.9 Å². The molecule has 0 radical (unpaired) electrons. The van der Waals surface area contributed by atoms with Gasteiger partial charge in [-0.05, 0) is 61.1 Å². The maximum atomic E-state index is 12.8. The Morgan fingerprint density at radius 1 is 1.19 bits per heavy atom. The molecule has 2 rings (SSSR count). The summed E-state index contributed by atoms with van der Waals surface area (Å²) >= 11 is 1.63. The van der Waals surface area contributed by atoms with Crippen LogP contribution in [0.25, 0.3) is 0 Å². The van der Waals surface area contributed by atoms with E-state index in [2.05, 4.69) is 5.32 Å². The van der Waals surface area contributed by atoms with Crippen molar-refractivity contribution in [3.63, 3.8) is 0 Å². The van der Waals surface area contributed by atoms with E-state index < -0.39 is 0 Å². The first-order chi connectivity index (χ1) is 10.1. The third kappa shape index (κ3) is 5.60. The molecular formula is C17H18FNOS. The minimum atomic E-state index is -0.225. The molecule has 0 aromatic heterocycles. The molecule has 110 valence electrons. The first kappa shape index (κ1) is 15.6. The molecule has 2 aromatic rings. The van der Waals surface area contributed by atoms with Crippen LogP contribution in [0.4, 0.5) is 10.1 Å². The van der Waals surface area contributed by atoms with E-state index in [9.17, 15) is 9.18 Å². The molecule has 0 aliphatic rings. The summed E-state index contributed by atoms with van der Waals surface area (Å²) in [5.41, 5.74) is 1.96. The van der Waals surface area contributed by atoms with Gasteiger partial charge in [0, 0.05) is 17.0 Å². The Bertz CT molecular complexity index is 598. The maximum Gasteiger partial charge on any atom is 0.224 e. The van der Waals surface area contributed by atoms with Gasteiger partial charge >= 0.3 is 0 Å². The Kier molecular flexibility index (Phi) is 5.81. The van der Waals surface area contributed by atoms with Crippen LogP contribution in [0.5, 0.6) is 0 Å². The lowest BCUT2D eigenvalue weighted by Crippen LogP contribution is -2.11. The van der Waals surface area contributed by atoms with Crippen LogP contribution < -0.4 is 5.32 Å². The van der Waals surface area contributed by atoms with Gasteiger partial charge in [0.2, 0.25) is 5.91 Å². The number of nitrogens with one attached hydrogen (secondary N) is 1. The Labute approximate surface area is 128 Å². The topological polar surface area (TPSA) is 29.1 Å². The average molecular weight is 303 g/mol. The van der Waals surface area contributed by atoms with E-state index in [1.54, 1.807) is 23.9 Å². The van der Waals surface area contributed by atoms with Crippen LogP contribution in [0.15, 0.2) is 53.4 Å². The second-order valence-corrected chi connectivity index (χ2v) is 5.99. The van der Waals surface area contributed by atoms with Gasteiger partial charge in [0.1, 0.15) is 5.82 Å². The van der Waals surface area contributed by atoms with E-state index in [1.165, 1.54) is 12.1 Å². The number of benzene rings is 2. The predicted octanol–water partition coefficient (Wildman–Crippen LogP) is 4.65. The van der Waals surface area contributed by atoms with Crippen molar-refractivity contribution in [3.8, 4) is 0 Å². The molecule has 0 bridgehead atoms. The fourth-order valence-electron chi connectivity index (χ4n) is 1.90. The highest BCUT2D eigenvalue weighted by atomic mass is 32.2. The predicted molar refractivity (Wildman–Crippen MR) is 86.2 cm³/mol. The summed E-state index contributed by atoms with van der Waals surface area (Å²) in [5.74, 6) is 0.643. The van der Waals surface area contributed by atoms with Crippen LogP contribution >= 0.6 is 11.8 Å². The molecule has 0 saturated carbocycles. The second-order valence-electron chi connectivity index (χ2n) is 4.82. The molecule has 4 heteroatoms. The van der Waals surface area contributed by atoms with Crippen molar-refractivity contribution in [2.45, 2.75) is 24.7 Å². The number of anilines is 1. The fourth-order valence-corrected chi connectivity index (χ4v) is 2.75. The molecule has 1 N–H and O–H groups in total. The molecule has 21 heavy (non-hydrogen) atoms. The minimum absolute atomic E-state index is 0.0281. The Hall–Kier alpha value is -1.81. The quantitative estimate of drug-likeness (QED) is 0.622. The highest BCUT2D eigenvalue weighted by Crippen LogP contribution is 2.19. The number of thioether (sulfide) groups is 1. The second kappa shape index (κ2) is 7.84. The summed E-state index contributed by atoms with van der Waals surface area (Å²) in [4.78, 5) is 12.8. The molecule has 0 aliphatic heterocycles. The van der Waals surface area contributed by atoms with E-state index in [0.29, 0.717) is 6.42 Å². The molecule has 0 aliphatic carbocycles. The van der Waals surface area contributed by atoms with Gasteiger partial charge in [0.15, 0.2) is 0 Å². The lowest BCUT2D eigenvalue weighted by atomic mass is 10.2.